The molecule has 0 aromatic heterocycles. The van der Waals surface area contributed by atoms with Crippen molar-refractivity contribution in [2.75, 3.05) is 0 Å². The average molecular weight is 125 g/mol. The van der Waals surface area contributed by atoms with E-state index in [9.17, 15) is 0 Å². The summed E-state index contributed by atoms with van der Waals surface area (Å²) < 4.78 is 0. The van der Waals surface area contributed by atoms with Crippen LogP contribution in [0, 0.1) is 0 Å². The van der Waals surface area contributed by atoms with E-state index in [0.717, 1.165) is 6.47 Å². The second-order valence-electron chi connectivity index (χ2n) is 0.175. The minimum Gasteiger partial charge on any atom is -0.509 e. The molecule has 0 heterocycles. The molecule has 0 aromatic rings. The normalized spacial score (nSPS) is 4.20. The van der Waals surface area contributed by atoms with Crippen LogP contribution in [0.2, 0.25) is 0 Å². The van der Waals surface area contributed by atoms with Crippen molar-refractivity contribution in [2.24, 2.45) is 0 Å². The molecule has 0 unspecified atom stereocenters. The van der Waals surface area contributed by atoms with Crippen LogP contribution in [0.25, 0.3) is 0 Å². The Morgan fingerprint density at radius 2 is 2.00 bits per heavy atom. The average Bonchev–Trinajstić information content (AvgIpc) is 1.37. The largest absolute Gasteiger partial charge is 1.00 e. The van der Waals surface area contributed by atoms with Gasteiger partial charge in [0.1, 0.15) is 0 Å². The molecule has 0 rings (SSSR count). The van der Waals surface area contributed by atoms with Crippen molar-refractivity contribution in [3.63, 3.8) is 0 Å². The Balaban J connectivity index is 0. The summed E-state index contributed by atoms with van der Waals surface area (Å²) in [5.74, 6) is 0. The Hall–Kier alpha value is -0.0505. The van der Waals surface area contributed by atoms with Crippen molar-refractivity contribution in [3.05, 3.63) is 0 Å². The van der Waals surface area contributed by atoms with E-state index in [1.807, 2.05) is 0 Å². The first-order chi connectivity index (χ1) is 1.91. The minimum atomic E-state index is 0. The van der Waals surface area contributed by atoms with Gasteiger partial charge in [0, 0.05) is 0 Å². The fourth-order valence-corrected chi connectivity index (χ4v) is 0. The van der Waals surface area contributed by atoms with Gasteiger partial charge in [-0.05, 0) is 6.47 Å². The van der Waals surface area contributed by atoms with Gasteiger partial charge in [-0.1, -0.05) is 0 Å². The molecule has 0 aromatic carbocycles. The van der Waals surface area contributed by atoms with E-state index < -0.39 is 0 Å². The zero-order chi connectivity index (χ0) is 3.41. The van der Waals surface area contributed by atoms with Crippen molar-refractivity contribution in [1.29, 1.82) is 0 Å². The summed E-state index contributed by atoms with van der Waals surface area (Å²) in [5, 5.41) is 6.95. The van der Waals surface area contributed by atoms with Crippen molar-refractivity contribution in [1.82, 2.24) is 0 Å². The van der Waals surface area contributed by atoms with Crippen LogP contribution in [0.1, 0.15) is 0 Å². The summed E-state index contributed by atoms with van der Waals surface area (Å²) in [6.45, 7) is 0.736. The predicted octanol–water partition coefficient (Wildman–Crippen LogP) is -0.459. The number of hydrogen-bond donors (Lipinski definition) is 1. The fourth-order valence-electron chi connectivity index (χ4n) is 0. The minimum absolute atomic E-state index is 0. The summed E-state index contributed by atoms with van der Waals surface area (Å²) in [4.78, 5) is 11.3. The fraction of sp³-hybridized carbons (Fsp3) is 0. The third kappa shape index (κ3) is 16.6. The molecule has 0 saturated carbocycles. The molecule has 0 fully saturated rings. The molecule has 0 aliphatic rings. The first-order valence-electron chi connectivity index (χ1n) is 0.591. The summed E-state index contributed by atoms with van der Waals surface area (Å²) >= 11 is 0. The predicted molar refractivity (Wildman–Crippen MR) is 9.41 cm³/mol. The first kappa shape index (κ1) is 8.87. The SMILES string of the molecule is O=[C-]OO.[Cu+]. The van der Waals surface area contributed by atoms with Crippen LogP contribution in [0.5, 0.6) is 0 Å². The summed E-state index contributed by atoms with van der Waals surface area (Å²) in [7, 11) is 0. The Morgan fingerprint density at radius 1 is 1.80 bits per heavy atom. The first-order valence-corrected chi connectivity index (χ1v) is 0.591. The van der Waals surface area contributed by atoms with Crippen LogP contribution in [0.3, 0.4) is 0 Å². The van der Waals surface area contributed by atoms with E-state index >= 15 is 0 Å². The van der Waals surface area contributed by atoms with Gasteiger partial charge < -0.3 is 9.68 Å². The Bertz CT molecular complexity index is 20.9. The van der Waals surface area contributed by atoms with Crippen molar-refractivity contribution in [3.8, 4) is 0 Å². The smallest absolute Gasteiger partial charge is 0.509 e. The molecule has 4 heteroatoms. The van der Waals surface area contributed by atoms with Gasteiger partial charge in [-0.15, -0.1) is 0 Å². The standard InChI is InChI=1S/CHO3.Cu/c2-1-4-3;/h3H;/q-1;+1. The molecule has 34 valence electrons. The van der Waals surface area contributed by atoms with E-state index in [-0.39, 0.29) is 17.1 Å². The summed E-state index contributed by atoms with van der Waals surface area (Å²) in [6, 6.07) is 0. The van der Waals surface area contributed by atoms with Gasteiger partial charge in [-0.2, -0.15) is 0 Å². The number of rotatable bonds is 1. The molecule has 0 bridgehead atoms. The second-order valence-corrected chi connectivity index (χ2v) is 0.175. The van der Waals surface area contributed by atoms with E-state index in [1.165, 1.54) is 0 Å². The summed E-state index contributed by atoms with van der Waals surface area (Å²) in [6.07, 6.45) is 0. The maximum Gasteiger partial charge on any atom is 1.00 e. The van der Waals surface area contributed by atoms with Crippen LogP contribution < -0.4 is 0 Å². The summed E-state index contributed by atoms with van der Waals surface area (Å²) in [5.41, 5.74) is 0. The van der Waals surface area contributed by atoms with Gasteiger partial charge in [0.05, 0.1) is 0 Å². The van der Waals surface area contributed by atoms with Crippen LogP contribution in [-0.4, -0.2) is 11.7 Å². The van der Waals surface area contributed by atoms with Gasteiger partial charge in [-0.25, -0.2) is 5.26 Å². The van der Waals surface area contributed by atoms with Gasteiger partial charge in [0.15, 0.2) is 0 Å². The molecule has 0 spiro atoms. The molecule has 0 amide bonds. The molecular formula is CHCuO3. The molecule has 1 N–H and O–H groups in total. The third-order valence-corrected chi connectivity index (χ3v) is 0.0373. The van der Waals surface area contributed by atoms with E-state index in [2.05, 4.69) is 4.89 Å². The molecule has 0 saturated heterocycles. The Kier molecular flexibility index (Phi) is 16.0. The quantitative estimate of drug-likeness (QED) is 0.223. The second kappa shape index (κ2) is 9.04. The van der Waals surface area contributed by atoms with E-state index in [0.29, 0.717) is 0 Å². The van der Waals surface area contributed by atoms with Gasteiger partial charge >= 0.3 is 17.1 Å². The van der Waals surface area contributed by atoms with Crippen LogP contribution in [0.15, 0.2) is 0 Å². The Labute approximate surface area is 39.3 Å². The molecule has 3 nitrogen and oxygen atoms in total. The van der Waals surface area contributed by atoms with Crippen LogP contribution in [-0.2, 0) is 26.8 Å². The molecule has 5 heavy (non-hydrogen) atoms. The number of carbonyl (C=O) groups excluding carboxylic acids is 1. The van der Waals surface area contributed by atoms with Gasteiger partial charge in [0.25, 0.3) is 0 Å². The van der Waals surface area contributed by atoms with Crippen molar-refractivity contribution >= 4 is 6.47 Å². The van der Waals surface area contributed by atoms with E-state index in [4.69, 9.17) is 10.1 Å². The number of hydrogen-bond acceptors (Lipinski definition) is 3. The maximum atomic E-state index is 8.58. The van der Waals surface area contributed by atoms with Gasteiger partial charge in [-0.3, -0.25) is 0 Å². The molecule has 0 aliphatic carbocycles. The van der Waals surface area contributed by atoms with Crippen LogP contribution >= 0.6 is 0 Å². The van der Waals surface area contributed by atoms with Crippen LogP contribution in [0.4, 0.5) is 0 Å². The van der Waals surface area contributed by atoms with E-state index in [1.54, 1.807) is 0 Å². The zero-order valence-electron chi connectivity index (χ0n) is 2.07. The monoisotopic (exact) mass is 124 g/mol. The molecule has 0 atom stereocenters. The van der Waals surface area contributed by atoms with Crippen molar-refractivity contribution < 1.29 is 32.0 Å². The zero-order valence-corrected chi connectivity index (χ0v) is 3.01. The third-order valence-electron chi connectivity index (χ3n) is 0.0373. The van der Waals surface area contributed by atoms with Gasteiger partial charge in [0.2, 0.25) is 0 Å². The topological polar surface area (TPSA) is 46.5 Å². The van der Waals surface area contributed by atoms with Crippen molar-refractivity contribution in [2.45, 2.75) is 0 Å². The molecule has 0 radical (unpaired) electrons. The molecular weight excluding hydrogens is 124 g/mol. The Morgan fingerprint density at radius 3 is 2.00 bits per heavy atom. The maximum absolute atomic E-state index is 8.58. The molecule has 0 aliphatic heterocycles.